The fourth-order valence-electron chi connectivity index (χ4n) is 2.66. The van der Waals surface area contributed by atoms with Crippen LogP contribution in [0.25, 0.3) is 0 Å². The molecular weight excluding hydrogens is 397 g/mol. The van der Waals surface area contributed by atoms with E-state index in [1.807, 2.05) is 48.3 Å². The Kier molecular flexibility index (Phi) is 6.87. The van der Waals surface area contributed by atoms with Crippen LogP contribution in [0.5, 0.6) is 11.5 Å². The first-order valence-electron chi connectivity index (χ1n) is 8.61. The second kappa shape index (κ2) is 9.55. The molecule has 0 spiro atoms. The highest BCUT2D eigenvalue weighted by atomic mass is 35.5. The molecule has 5 nitrogen and oxygen atoms in total. The highest BCUT2D eigenvalue weighted by molar-refractivity contribution is 6.39. The van der Waals surface area contributed by atoms with E-state index < -0.39 is 0 Å². The molecule has 1 heterocycles. The smallest absolute Gasteiger partial charge is 0.238 e. The topological polar surface area (TPSA) is 54.5 Å². The maximum Gasteiger partial charge on any atom is 0.238 e. The number of likely N-dealkylation sites (N-methyl/N-ethyl adjacent to an activating group) is 1. The lowest BCUT2D eigenvalue weighted by Crippen LogP contribution is -2.30. The molecule has 1 aromatic heterocycles. The number of nitrogens with one attached hydrogen (secondary N) is 1. The van der Waals surface area contributed by atoms with Crippen LogP contribution in [0.3, 0.4) is 0 Å². The summed E-state index contributed by atoms with van der Waals surface area (Å²) in [7, 11) is 1.86. The molecule has 0 atom stereocenters. The fourth-order valence-corrected chi connectivity index (χ4v) is 3.15. The number of hydrogen-bond donors (Lipinski definition) is 1. The Labute approximate surface area is 173 Å². The number of rotatable bonds is 7. The fraction of sp³-hybridized carbons (Fsp3) is 0.143. The van der Waals surface area contributed by atoms with Gasteiger partial charge in [0.2, 0.25) is 5.91 Å². The van der Waals surface area contributed by atoms with Gasteiger partial charge in [-0.3, -0.25) is 14.7 Å². The van der Waals surface area contributed by atoms with Gasteiger partial charge in [0.15, 0.2) is 0 Å². The van der Waals surface area contributed by atoms with Crippen molar-refractivity contribution in [1.82, 2.24) is 9.88 Å². The summed E-state index contributed by atoms with van der Waals surface area (Å²) in [5, 5.41) is 3.57. The van der Waals surface area contributed by atoms with Gasteiger partial charge in [0.25, 0.3) is 0 Å². The number of amides is 1. The van der Waals surface area contributed by atoms with Crippen molar-refractivity contribution in [2.45, 2.75) is 6.54 Å². The standard InChI is InChI=1S/C21H19Cl2N3O2/c1-26(14-20(27)25-21-17(22)8-4-9-18(21)23)13-15-6-2-3-10-19(15)28-16-7-5-11-24-12-16/h2-12H,13-14H2,1H3,(H,25,27). The van der Waals surface area contributed by atoms with Crippen molar-refractivity contribution in [1.29, 1.82) is 0 Å². The molecule has 0 radical (unpaired) electrons. The molecular formula is C21H19Cl2N3O2. The van der Waals surface area contributed by atoms with Crippen molar-refractivity contribution in [3.05, 3.63) is 82.6 Å². The van der Waals surface area contributed by atoms with Crippen LogP contribution in [0, 0.1) is 0 Å². The van der Waals surface area contributed by atoms with Gasteiger partial charge in [-0.25, -0.2) is 0 Å². The number of nitrogens with zero attached hydrogens (tertiary/aromatic N) is 2. The Bertz CT molecular complexity index is 931. The largest absolute Gasteiger partial charge is 0.455 e. The quantitative estimate of drug-likeness (QED) is 0.572. The Hall–Kier alpha value is -2.60. The second-order valence-electron chi connectivity index (χ2n) is 6.22. The van der Waals surface area contributed by atoms with E-state index in [0.29, 0.717) is 28.0 Å². The molecule has 3 aromatic rings. The first kappa shape index (κ1) is 20.1. The number of carbonyl (C=O) groups is 1. The highest BCUT2D eigenvalue weighted by Gasteiger charge is 2.13. The first-order valence-corrected chi connectivity index (χ1v) is 9.36. The van der Waals surface area contributed by atoms with Crippen molar-refractivity contribution in [2.75, 3.05) is 18.9 Å². The molecule has 0 fully saturated rings. The number of halogens is 2. The molecule has 7 heteroatoms. The van der Waals surface area contributed by atoms with Gasteiger partial charge in [-0.1, -0.05) is 47.5 Å². The molecule has 28 heavy (non-hydrogen) atoms. The summed E-state index contributed by atoms with van der Waals surface area (Å²) in [6, 6.07) is 16.4. The number of carbonyl (C=O) groups excluding carboxylic acids is 1. The van der Waals surface area contributed by atoms with Gasteiger partial charge in [-0.05, 0) is 37.4 Å². The van der Waals surface area contributed by atoms with E-state index in [1.165, 1.54) is 0 Å². The van der Waals surface area contributed by atoms with E-state index in [2.05, 4.69) is 10.3 Å². The molecule has 0 saturated heterocycles. The summed E-state index contributed by atoms with van der Waals surface area (Å²) in [4.78, 5) is 18.3. The predicted octanol–water partition coefficient (Wildman–Crippen LogP) is 5.25. The van der Waals surface area contributed by atoms with E-state index in [9.17, 15) is 4.79 Å². The SMILES string of the molecule is CN(CC(=O)Nc1c(Cl)cccc1Cl)Cc1ccccc1Oc1cccnc1. The third kappa shape index (κ3) is 5.45. The number of hydrogen-bond acceptors (Lipinski definition) is 4. The third-order valence-electron chi connectivity index (χ3n) is 3.92. The molecule has 0 unspecified atom stereocenters. The normalized spacial score (nSPS) is 10.7. The van der Waals surface area contributed by atoms with Gasteiger partial charge < -0.3 is 10.1 Å². The average molecular weight is 416 g/mol. The lowest BCUT2D eigenvalue weighted by Gasteiger charge is -2.19. The van der Waals surface area contributed by atoms with Crippen molar-refractivity contribution in [3.63, 3.8) is 0 Å². The number of para-hydroxylation sites is 2. The van der Waals surface area contributed by atoms with Crippen molar-refractivity contribution in [2.24, 2.45) is 0 Å². The minimum atomic E-state index is -0.205. The lowest BCUT2D eigenvalue weighted by atomic mass is 10.2. The Morgan fingerprint density at radius 3 is 2.54 bits per heavy atom. The van der Waals surface area contributed by atoms with Crippen molar-refractivity contribution < 1.29 is 9.53 Å². The van der Waals surface area contributed by atoms with E-state index >= 15 is 0 Å². The zero-order valence-corrected chi connectivity index (χ0v) is 16.7. The summed E-state index contributed by atoms with van der Waals surface area (Å²) >= 11 is 12.2. The summed E-state index contributed by atoms with van der Waals surface area (Å²) in [5.74, 6) is 1.17. The molecule has 2 aromatic carbocycles. The zero-order chi connectivity index (χ0) is 19.9. The molecule has 0 saturated carbocycles. The van der Waals surface area contributed by atoms with Crippen molar-refractivity contribution in [3.8, 4) is 11.5 Å². The number of aromatic nitrogens is 1. The first-order chi connectivity index (χ1) is 13.5. The molecule has 1 N–H and O–H groups in total. The molecule has 0 bridgehead atoms. The van der Waals surface area contributed by atoms with E-state index in [1.54, 1.807) is 30.6 Å². The van der Waals surface area contributed by atoms with Crippen LogP contribution >= 0.6 is 23.2 Å². The van der Waals surface area contributed by atoms with E-state index in [0.717, 1.165) is 11.3 Å². The van der Waals surface area contributed by atoms with Gasteiger partial charge in [0.1, 0.15) is 11.5 Å². The maximum atomic E-state index is 12.4. The number of anilines is 1. The molecule has 0 aliphatic carbocycles. The van der Waals surface area contributed by atoms with E-state index in [-0.39, 0.29) is 12.5 Å². The average Bonchev–Trinajstić information content (AvgIpc) is 2.67. The van der Waals surface area contributed by atoms with Gasteiger partial charge in [-0.15, -0.1) is 0 Å². The van der Waals surface area contributed by atoms with Crippen LogP contribution in [0.2, 0.25) is 10.0 Å². The number of ether oxygens (including phenoxy) is 1. The van der Waals surface area contributed by atoms with Crippen molar-refractivity contribution >= 4 is 34.8 Å². The van der Waals surface area contributed by atoms with Gasteiger partial charge in [-0.2, -0.15) is 0 Å². The molecule has 144 valence electrons. The van der Waals surface area contributed by atoms with Crippen LogP contribution in [0.1, 0.15) is 5.56 Å². The molecule has 0 aliphatic heterocycles. The summed E-state index contributed by atoms with van der Waals surface area (Å²) in [5.41, 5.74) is 1.38. The minimum absolute atomic E-state index is 0.169. The molecule has 1 amide bonds. The van der Waals surface area contributed by atoms with Gasteiger partial charge >= 0.3 is 0 Å². The molecule has 0 aliphatic rings. The number of pyridine rings is 1. The minimum Gasteiger partial charge on any atom is -0.455 e. The van der Waals surface area contributed by atoms with Gasteiger partial charge in [0, 0.05) is 18.3 Å². The number of benzene rings is 2. The van der Waals surface area contributed by atoms with Crippen LogP contribution in [-0.4, -0.2) is 29.4 Å². The van der Waals surface area contributed by atoms with Crippen LogP contribution in [0.4, 0.5) is 5.69 Å². The van der Waals surface area contributed by atoms with Crippen LogP contribution in [-0.2, 0) is 11.3 Å². The monoisotopic (exact) mass is 415 g/mol. The summed E-state index contributed by atoms with van der Waals surface area (Å²) in [6.07, 6.45) is 3.34. The Morgan fingerprint density at radius 2 is 1.82 bits per heavy atom. The summed E-state index contributed by atoms with van der Waals surface area (Å²) in [6.45, 7) is 0.697. The Balaban J connectivity index is 1.63. The van der Waals surface area contributed by atoms with Crippen LogP contribution < -0.4 is 10.1 Å². The summed E-state index contributed by atoms with van der Waals surface area (Å²) < 4.78 is 5.92. The van der Waals surface area contributed by atoms with E-state index in [4.69, 9.17) is 27.9 Å². The maximum absolute atomic E-state index is 12.4. The predicted molar refractivity (Wildman–Crippen MR) is 112 cm³/mol. The third-order valence-corrected chi connectivity index (χ3v) is 4.55. The lowest BCUT2D eigenvalue weighted by molar-refractivity contribution is -0.117. The molecule has 3 rings (SSSR count). The Morgan fingerprint density at radius 1 is 1.07 bits per heavy atom. The van der Waals surface area contributed by atoms with Gasteiger partial charge in [0.05, 0.1) is 28.5 Å². The second-order valence-corrected chi connectivity index (χ2v) is 7.03. The highest BCUT2D eigenvalue weighted by Crippen LogP contribution is 2.30. The van der Waals surface area contributed by atoms with Crippen LogP contribution in [0.15, 0.2) is 67.0 Å². The zero-order valence-electron chi connectivity index (χ0n) is 15.2.